The van der Waals surface area contributed by atoms with Crippen molar-refractivity contribution in [1.82, 2.24) is 52.3 Å². The second kappa shape index (κ2) is 27.1. The fraction of sp³-hybridized carbons (Fsp3) is 0.623. The van der Waals surface area contributed by atoms with Crippen LogP contribution < -0.4 is 42.5 Å². The number of unbranched alkanes of at least 4 members (excludes halogenated alkanes) is 2. The van der Waals surface area contributed by atoms with Gasteiger partial charge in [0.1, 0.15) is 30.6 Å². The first-order valence-corrected chi connectivity index (χ1v) is 26.2. The highest BCUT2D eigenvalue weighted by Gasteiger charge is 2.40. The topological polar surface area (TPSA) is 239 Å². The van der Waals surface area contributed by atoms with E-state index in [0.29, 0.717) is 77.3 Å². The third kappa shape index (κ3) is 15.1. The minimum atomic E-state index is -0.862. The zero-order valence-electron chi connectivity index (χ0n) is 42.2. The molecule has 18 heteroatoms. The molecule has 2 fully saturated rings. The van der Waals surface area contributed by atoms with E-state index in [0.717, 1.165) is 49.7 Å². The number of amides is 8. The molecule has 388 valence electrons. The van der Waals surface area contributed by atoms with Gasteiger partial charge in [0, 0.05) is 26.2 Å². The van der Waals surface area contributed by atoms with Gasteiger partial charge in [0.2, 0.25) is 47.3 Å². The largest absolute Gasteiger partial charge is 0.356 e. The van der Waals surface area contributed by atoms with Crippen LogP contribution in [0.2, 0.25) is 0 Å². The third-order valence-corrected chi connectivity index (χ3v) is 14.7. The first kappa shape index (κ1) is 54.5. The Morgan fingerprint density at radius 1 is 0.549 bits per heavy atom. The Kier molecular flexibility index (Phi) is 20.8. The van der Waals surface area contributed by atoms with Crippen LogP contribution in [-0.4, -0.2) is 134 Å². The van der Waals surface area contributed by atoms with Gasteiger partial charge in [0.05, 0.1) is 24.2 Å². The van der Waals surface area contributed by atoms with Crippen LogP contribution in [0.15, 0.2) is 48.5 Å². The van der Waals surface area contributed by atoms with Gasteiger partial charge in [-0.3, -0.25) is 38.4 Å². The van der Waals surface area contributed by atoms with Gasteiger partial charge >= 0.3 is 0 Å². The lowest BCUT2D eigenvalue weighted by Gasteiger charge is -2.32. The minimum absolute atomic E-state index is 0.114. The van der Waals surface area contributed by atoms with E-state index in [9.17, 15) is 38.4 Å². The first-order valence-electron chi connectivity index (χ1n) is 26.2. The maximum atomic E-state index is 14.1. The Balaban J connectivity index is 0.919. The molecule has 71 heavy (non-hydrogen) atoms. The van der Waals surface area contributed by atoms with Crippen molar-refractivity contribution in [2.24, 2.45) is 0 Å². The Hall–Kier alpha value is -5.88. The molecule has 0 unspecified atom stereocenters. The van der Waals surface area contributed by atoms with Crippen LogP contribution in [0.5, 0.6) is 0 Å². The van der Waals surface area contributed by atoms with Gasteiger partial charge in [-0.05, 0) is 153 Å². The summed E-state index contributed by atoms with van der Waals surface area (Å²) in [7, 11) is 3.32. The first-order chi connectivity index (χ1) is 34.3. The predicted octanol–water partition coefficient (Wildman–Crippen LogP) is 2.50. The SMILES string of the molecule is CN[C@@H](C)C(=O)N[C@@H](CCCCNC(=O)CC(=O)NCCCC[C@H](NC(=O)[C@H](C)NC)C(=O)N1CCC[C@H]1C(=O)N[C@@H]1CCCc2ccccc21)C(=O)N1CCC[C@H]1C(=O)N[C@@H]1CCCc2ccccc21. The van der Waals surface area contributed by atoms with Gasteiger partial charge in [-0.2, -0.15) is 0 Å². The molecule has 2 saturated heterocycles. The van der Waals surface area contributed by atoms with Crippen molar-refractivity contribution in [1.29, 1.82) is 0 Å². The van der Waals surface area contributed by atoms with E-state index >= 15 is 0 Å². The molecular weight excluding hydrogens is 905 g/mol. The molecular formula is C53H78N10O8. The van der Waals surface area contributed by atoms with Crippen LogP contribution in [0.25, 0.3) is 0 Å². The molecule has 8 atom stereocenters. The van der Waals surface area contributed by atoms with Crippen LogP contribution in [0.4, 0.5) is 0 Å². The zero-order chi connectivity index (χ0) is 50.9. The molecule has 2 heterocycles. The molecule has 0 aromatic heterocycles. The Labute approximate surface area is 419 Å². The fourth-order valence-electron chi connectivity index (χ4n) is 10.4. The molecule has 0 saturated carbocycles. The molecule has 8 amide bonds. The van der Waals surface area contributed by atoms with Gasteiger partial charge in [-0.1, -0.05) is 48.5 Å². The quantitative estimate of drug-likeness (QED) is 0.0565. The van der Waals surface area contributed by atoms with Gasteiger partial charge in [-0.15, -0.1) is 0 Å². The van der Waals surface area contributed by atoms with Crippen molar-refractivity contribution >= 4 is 47.3 Å². The molecule has 0 bridgehead atoms. The predicted molar refractivity (Wildman–Crippen MR) is 269 cm³/mol. The van der Waals surface area contributed by atoms with E-state index in [1.165, 1.54) is 11.1 Å². The van der Waals surface area contributed by atoms with Crippen LogP contribution in [-0.2, 0) is 51.2 Å². The summed E-state index contributed by atoms with van der Waals surface area (Å²) in [5.41, 5.74) is 4.70. The van der Waals surface area contributed by atoms with Gasteiger partial charge in [0.25, 0.3) is 0 Å². The molecule has 8 N–H and O–H groups in total. The number of hydrogen-bond acceptors (Lipinski definition) is 10. The highest BCUT2D eigenvalue weighted by atomic mass is 16.2. The lowest BCUT2D eigenvalue weighted by Crippen LogP contribution is -2.55. The Morgan fingerprint density at radius 3 is 1.37 bits per heavy atom. The van der Waals surface area contributed by atoms with E-state index in [-0.39, 0.29) is 67.0 Å². The summed E-state index contributed by atoms with van der Waals surface area (Å²) in [6.45, 7) is 4.75. The highest BCUT2D eigenvalue weighted by molar-refractivity contribution is 5.97. The van der Waals surface area contributed by atoms with Crippen molar-refractivity contribution < 1.29 is 38.4 Å². The fourth-order valence-corrected chi connectivity index (χ4v) is 10.4. The molecule has 2 aromatic carbocycles. The molecule has 0 radical (unpaired) electrons. The standard InChI is InChI=1S/C53H78N10O8/c1-34(54-3)48(66)60-42(52(70)62-31-15-27-44(62)50(68)58-40-25-13-19-36-17-5-7-21-38(36)40)23-9-11-29-56-46(64)33-47(65)57-30-12-10-24-43(61-49(67)35(2)55-4)53(71)63-32-16-28-45(63)51(69)59-41-26-14-20-37-18-6-8-22-39(37)41/h5-8,17-18,21-22,34-35,40-45,54-55H,9-16,19-20,23-33H2,1-4H3,(H,56,64)(H,57,65)(H,58,68)(H,59,69)(H,60,66)(H,61,67)/t34-,35-,40+,41+,42-,43-,44-,45-/m0/s1. The molecule has 18 nitrogen and oxygen atoms in total. The maximum absolute atomic E-state index is 14.1. The summed E-state index contributed by atoms with van der Waals surface area (Å²) >= 11 is 0. The average Bonchev–Trinajstić information content (AvgIpc) is 4.09. The summed E-state index contributed by atoms with van der Waals surface area (Å²) in [5, 5.41) is 23.6. The second-order valence-electron chi connectivity index (χ2n) is 19.7. The van der Waals surface area contributed by atoms with E-state index in [2.05, 4.69) is 66.8 Å². The summed E-state index contributed by atoms with van der Waals surface area (Å²) in [6.07, 6.45) is 10.1. The number of carbonyl (C=O) groups excluding carboxylic acids is 8. The summed E-state index contributed by atoms with van der Waals surface area (Å²) < 4.78 is 0. The van der Waals surface area contributed by atoms with Crippen LogP contribution in [0.1, 0.15) is 144 Å². The number of nitrogens with one attached hydrogen (secondary N) is 8. The van der Waals surface area contributed by atoms with Crippen molar-refractivity contribution in [3.8, 4) is 0 Å². The van der Waals surface area contributed by atoms with Gasteiger partial charge in [0.15, 0.2) is 0 Å². The van der Waals surface area contributed by atoms with E-state index in [1.54, 1.807) is 37.7 Å². The number of nitrogens with zero attached hydrogens (tertiary/aromatic N) is 2. The summed E-state index contributed by atoms with van der Waals surface area (Å²) in [6, 6.07) is 12.0. The molecule has 2 aliphatic heterocycles. The number of likely N-dealkylation sites (tertiary alicyclic amines) is 2. The highest BCUT2D eigenvalue weighted by Crippen LogP contribution is 2.32. The van der Waals surface area contributed by atoms with Gasteiger partial charge in [-0.25, -0.2) is 0 Å². The average molecular weight is 983 g/mol. The second-order valence-corrected chi connectivity index (χ2v) is 19.7. The van der Waals surface area contributed by atoms with Gasteiger partial charge < -0.3 is 52.3 Å². The maximum Gasteiger partial charge on any atom is 0.245 e. The number of rotatable bonds is 24. The van der Waals surface area contributed by atoms with E-state index < -0.39 is 48.1 Å². The Morgan fingerprint density at radius 2 is 0.958 bits per heavy atom. The molecule has 2 aromatic rings. The lowest BCUT2D eigenvalue weighted by atomic mass is 9.87. The van der Waals surface area contributed by atoms with Crippen molar-refractivity contribution in [3.05, 3.63) is 70.8 Å². The molecule has 2 aliphatic carbocycles. The van der Waals surface area contributed by atoms with Crippen LogP contribution >= 0.6 is 0 Å². The number of likely N-dealkylation sites (N-methyl/N-ethyl adjacent to an activating group) is 2. The number of aryl methyl sites for hydroxylation is 2. The molecule has 6 rings (SSSR count). The Bertz CT molecular complexity index is 2040. The van der Waals surface area contributed by atoms with E-state index in [4.69, 9.17) is 0 Å². The normalized spacial score (nSPS) is 21.1. The van der Waals surface area contributed by atoms with E-state index in [1.807, 2.05) is 24.3 Å². The summed E-state index contributed by atoms with van der Waals surface area (Å²) in [4.78, 5) is 110. The number of carbonyl (C=O) groups is 8. The lowest BCUT2D eigenvalue weighted by molar-refractivity contribution is -0.142. The monoisotopic (exact) mass is 983 g/mol. The number of benzene rings is 2. The van der Waals surface area contributed by atoms with Crippen LogP contribution in [0.3, 0.4) is 0 Å². The van der Waals surface area contributed by atoms with Crippen molar-refractivity contribution in [2.75, 3.05) is 40.3 Å². The number of fused-ring (bicyclic) bond motifs is 2. The smallest absolute Gasteiger partial charge is 0.245 e. The van der Waals surface area contributed by atoms with Crippen molar-refractivity contribution in [3.63, 3.8) is 0 Å². The zero-order valence-corrected chi connectivity index (χ0v) is 42.2. The van der Waals surface area contributed by atoms with Crippen molar-refractivity contribution in [2.45, 2.75) is 171 Å². The molecule has 4 aliphatic rings. The third-order valence-electron chi connectivity index (χ3n) is 14.7. The minimum Gasteiger partial charge on any atom is -0.356 e. The number of hydrogen-bond donors (Lipinski definition) is 8. The summed E-state index contributed by atoms with van der Waals surface area (Å²) in [5.74, 6) is -2.56. The molecule has 0 spiro atoms. The van der Waals surface area contributed by atoms with Crippen LogP contribution in [0, 0.1) is 0 Å².